The van der Waals surface area contributed by atoms with Gasteiger partial charge in [-0.3, -0.25) is 37.3 Å². The minimum atomic E-state index is -4.99. The molecule has 0 rings (SSSR count). The molecule has 0 amide bonds. The molecule has 0 aliphatic carbocycles. The van der Waals surface area contributed by atoms with Gasteiger partial charge < -0.3 is 33.8 Å². The third-order valence-electron chi connectivity index (χ3n) is 17.0. The van der Waals surface area contributed by atoms with E-state index in [2.05, 4.69) is 125 Å². The molecule has 2 unspecified atom stereocenters. The summed E-state index contributed by atoms with van der Waals surface area (Å²) in [7, 11) is -9.96. The first-order valence-electron chi connectivity index (χ1n) is 40.5. The van der Waals surface area contributed by atoms with Gasteiger partial charge in [0.15, 0.2) is 12.2 Å². The molecule has 17 nitrogen and oxygen atoms in total. The Kier molecular flexibility index (Phi) is 72.3. The van der Waals surface area contributed by atoms with Crippen LogP contribution < -0.4 is 0 Å². The van der Waals surface area contributed by atoms with E-state index in [1.165, 1.54) is 89.9 Å². The number of phosphoric ester groups is 2. The SMILES string of the molecule is CC/C=C\C/C=C\C/C=C\C/C=C\C/C=C\CCCCCC(=O)OC[C@H](COP(=O)(O)OC[C@@H](O)COP(=O)(O)OC[C@@H](COC(=O)CCCCCCC/C=C\CCCCCC)OC(=O)CCCCCCC/C=C\CCCCCCCC)OC(=O)CCCCCCCCC/C=C\CCCCCC. The van der Waals surface area contributed by atoms with Crippen LogP contribution in [-0.2, 0) is 65.4 Å². The van der Waals surface area contributed by atoms with Crippen molar-refractivity contribution in [3.63, 3.8) is 0 Å². The van der Waals surface area contributed by atoms with Crippen molar-refractivity contribution in [1.82, 2.24) is 0 Å². The zero-order valence-electron chi connectivity index (χ0n) is 64.5. The molecule has 0 aromatic carbocycles. The topological polar surface area (TPSA) is 237 Å². The Balaban J connectivity index is 5.38. The van der Waals surface area contributed by atoms with Crippen molar-refractivity contribution in [2.24, 2.45) is 0 Å². The number of aliphatic hydroxyl groups is 1. The number of hydrogen-bond acceptors (Lipinski definition) is 15. The molecular weight excluding hydrogens is 1330 g/mol. The highest BCUT2D eigenvalue weighted by Crippen LogP contribution is 2.45. The van der Waals surface area contributed by atoms with Crippen LogP contribution in [0.25, 0.3) is 0 Å². The van der Waals surface area contributed by atoms with E-state index in [0.717, 1.165) is 180 Å². The molecule has 0 aromatic rings. The van der Waals surface area contributed by atoms with Gasteiger partial charge in [0.05, 0.1) is 26.4 Å². The average Bonchev–Trinajstić information content (AvgIpc) is 0.920. The maximum Gasteiger partial charge on any atom is 0.472 e. The maximum atomic E-state index is 13.1. The van der Waals surface area contributed by atoms with Crippen molar-refractivity contribution in [2.75, 3.05) is 39.6 Å². The number of phosphoric acid groups is 2. The summed E-state index contributed by atoms with van der Waals surface area (Å²) in [4.78, 5) is 73.0. The van der Waals surface area contributed by atoms with Gasteiger partial charge >= 0.3 is 39.5 Å². The van der Waals surface area contributed by atoms with Crippen molar-refractivity contribution in [2.45, 2.75) is 367 Å². The van der Waals surface area contributed by atoms with Gasteiger partial charge in [-0.2, -0.15) is 0 Å². The lowest BCUT2D eigenvalue weighted by Crippen LogP contribution is -2.30. The molecule has 0 spiro atoms. The maximum absolute atomic E-state index is 13.1. The fourth-order valence-electron chi connectivity index (χ4n) is 10.8. The van der Waals surface area contributed by atoms with Gasteiger partial charge in [-0.25, -0.2) is 9.13 Å². The molecule has 0 saturated heterocycles. The quantitative estimate of drug-likeness (QED) is 0.0169. The first kappa shape index (κ1) is 98.0. The summed E-state index contributed by atoms with van der Waals surface area (Å²) in [6.07, 6.45) is 79.5. The Morgan fingerprint density at radius 3 is 0.814 bits per heavy atom. The molecule has 0 aromatic heterocycles. The Hall–Kier alpha value is -4.02. The molecule has 0 bridgehead atoms. The van der Waals surface area contributed by atoms with Crippen LogP contribution in [0.5, 0.6) is 0 Å². The van der Waals surface area contributed by atoms with E-state index >= 15 is 0 Å². The fourth-order valence-corrected chi connectivity index (χ4v) is 12.4. The lowest BCUT2D eigenvalue weighted by Gasteiger charge is -2.21. The second-order valence-corrected chi connectivity index (χ2v) is 29.9. The summed E-state index contributed by atoms with van der Waals surface area (Å²) >= 11 is 0. The zero-order valence-corrected chi connectivity index (χ0v) is 66.3. The van der Waals surface area contributed by atoms with Gasteiger partial charge in [0, 0.05) is 25.7 Å². The smallest absolute Gasteiger partial charge is 0.462 e. The Morgan fingerprint density at radius 2 is 0.510 bits per heavy atom. The minimum absolute atomic E-state index is 0.0823. The Morgan fingerprint density at radius 1 is 0.284 bits per heavy atom. The average molecular weight is 1480 g/mol. The number of carbonyl (C=O) groups is 4. The molecule has 0 radical (unpaired) electrons. The summed E-state index contributed by atoms with van der Waals surface area (Å²) in [6.45, 7) is 4.71. The molecule has 5 atom stereocenters. The molecule has 102 heavy (non-hydrogen) atoms. The van der Waals surface area contributed by atoms with E-state index in [9.17, 15) is 43.2 Å². The monoisotopic (exact) mass is 1480 g/mol. The lowest BCUT2D eigenvalue weighted by atomic mass is 10.1. The van der Waals surface area contributed by atoms with Gasteiger partial charge in [-0.1, -0.05) is 273 Å². The molecule has 19 heteroatoms. The number of unbranched alkanes of at least 4 members (excludes halogenated alkanes) is 34. The van der Waals surface area contributed by atoms with E-state index < -0.39 is 97.5 Å². The van der Waals surface area contributed by atoms with Crippen LogP contribution in [0.3, 0.4) is 0 Å². The van der Waals surface area contributed by atoms with Gasteiger partial charge in [0.1, 0.15) is 19.3 Å². The van der Waals surface area contributed by atoms with Crippen molar-refractivity contribution >= 4 is 39.5 Å². The summed E-state index contributed by atoms with van der Waals surface area (Å²) < 4.78 is 68.6. The fraction of sp³-hybridized carbons (Fsp3) is 0.759. The minimum Gasteiger partial charge on any atom is -0.462 e. The van der Waals surface area contributed by atoms with Crippen molar-refractivity contribution in [3.8, 4) is 0 Å². The van der Waals surface area contributed by atoms with Gasteiger partial charge in [0.2, 0.25) is 0 Å². The zero-order chi connectivity index (χ0) is 74.6. The van der Waals surface area contributed by atoms with Crippen molar-refractivity contribution in [1.29, 1.82) is 0 Å². The number of esters is 4. The highest BCUT2D eigenvalue weighted by Gasteiger charge is 2.30. The lowest BCUT2D eigenvalue weighted by molar-refractivity contribution is -0.161. The number of ether oxygens (including phenoxy) is 4. The van der Waals surface area contributed by atoms with Crippen LogP contribution in [0, 0.1) is 0 Å². The normalized spacial score (nSPS) is 14.4. The van der Waals surface area contributed by atoms with Crippen LogP contribution in [0.2, 0.25) is 0 Å². The number of rotatable bonds is 76. The Bertz CT molecular complexity index is 2310. The first-order valence-corrected chi connectivity index (χ1v) is 43.5. The van der Waals surface area contributed by atoms with Crippen LogP contribution >= 0.6 is 15.6 Å². The van der Waals surface area contributed by atoms with E-state index in [-0.39, 0.29) is 25.7 Å². The number of carbonyl (C=O) groups excluding carboxylic acids is 4. The summed E-state index contributed by atoms with van der Waals surface area (Å²) in [5.41, 5.74) is 0. The first-order chi connectivity index (χ1) is 49.7. The number of hydrogen-bond donors (Lipinski definition) is 3. The third kappa shape index (κ3) is 74.3. The second-order valence-electron chi connectivity index (χ2n) is 27.0. The molecule has 0 aliphatic heterocycles. The number of allylic oxidation sites excluding steroid dienone is 16. The van der Waals surface area contributed by atoms with Crippen molar-refractivity contribution < 1.29 is 80.2 Å². The van der Waals surface area contributed by atoms with Crippen LogP contribution in [0.15, 0.2) is 97.2 Å². The third-order valence-corrected chi connectivity index (χ3v) is 18.9. The highest BCUT2D eigenvalue weighted by molar-refractivity contribution is 7.47. The van der Waals surface area contributed by atoms with Crippen LogP contribution in [0.4, 0.5) is 0 Å². The predicted octanol–water partition coefficient (Wildman–Crippen LogP) is 23.6. The van der Waals surface area contributed by atoms with Crippen LogP contribution in [-0.4, -0.2) is 96.7 Å². The Labute approximate surface area is 620 Å². The standard InChI is InChI=1S/C83H146O17P2/c1-5-9-13-17-21-25-29-33-36-37-38-39-42-44-48-52-56-60-64-68-81(86)94-74-79(100-83(88)70-66-62-58-54-50-46-41-35-31-27-23-19-15-11-7-3)76-98-102(91,92)96-72-77(84)71-95-101(89,90)97-75-78(73-93-80(85)67-63-59-55-51-47-43-32-28-24-20-16-12-8-4)99-82(87)69-65-61-57-53-49-45-40-34-30-26-22-18-14-10-6-2/h9,13,21,25,27-28,31-34,36,38-40,44,48,77-79,84H,5-8,10-12,14-20,22-24,26,29-30,35,37,41-43,45-47,49-76H2,1-4H3,(H,89,90)(H,91,92)/b13-9-,25-21-,31-27-,32-28-,36-33-,39-38-,40-34-,48-44-/t77-,78+,79+/m0/s1. The molecule has 0 saturated carbocycles. The van der Waals surface area contributed by atoms with E-state index in [0.29, 0.717) is 25.7 Å². The predicted molar refractivity (Wildman–Crippen MR) is 418 cm³/mol. The van der Waals surface area contributed by atoms with Crippen molar-refractivity contribution in [3.05, 3.63) is 97.2 Å². The van der Waals surface area contributed by atoms with E-state index in [1.807, 2.05) is 0 Å². The number of aliphatic hydroxyl groups excluding tert-OH is 1. The van der Waals surface area contributed by atoms with Gasteiger partial charge in [0.25, 0.3) is 0 Å². The van der Waals surface area contributed by atoms with Crippen LogP contribution in [0.1, 0.15) is 349 Å². The highest BCUT2D eigenvalue weighted by atomic mass is 31.2. The summed E-state index contributed by atoms with van der Waals surface area (Å²) in [5, 5.41) is 10.6. The molecule has 3 N–H and O–H groups in total. The summed E-state index contributed by atoms with van der Waals surface area (Å²) in [5.74, 6) is -2.22. The molecule has 590 valence electrons. The molecule has 0 heterocycles. The molecule has 0 fully saturated rings. The second kappa shape index (κ2) is 75.2. The van der Waals surface area contributed by atoms with Gasteiger partial charge in [-0.15, -0.1) is 0 Å². The van der Waals surface area contributed by atoms with E-state index in [4.69, 9.17) is 37.0 Å². The summed E-state index contributed by atoms with van der Waals surface area (Å²) in [6, 6.07) is 0. The van der Waals surface area contributed by atoms with E-state index in [1.54, 1.807) is 0 Å². The molecular formula is C83H146O17P2. The molecule has 0 aliphatic rings. The largest absolute Gasteiger partial charge is 0.472 e. The van der Waals surface area contributed by atoms with Gasteiger partial charge in [-0.05, 0) is 148 Å².